The Hall–Kier alpha value is -2.99. The first-order valence-electron chi connectivity index (χ1n) is 9.14. The SMILES string of the molecule is CN(C)CCCN1C(=O)C(=O)C(=C(O)c2ccc(F)cc2)[C@@H]1c1ccccc1. The molecule has 0 radical (unpaired) electrons. The van der Waals surface area contributed by atoms with Crippen LogP contribution in [0.1, 0.15) is 23.6 Å². The molecule has 0 bridgehead atoms. The molecule has 1 aliphatic rings. The molecule has 0 aliphatic carbocycles. The number of ketones is 1. The maximum atomic E-state index is 13.2. The van der Waals surface area contributed by atoms with Crippen molar-refractivity contribution in [1.29, 1.82) is 0 Å². The molecule has 3 rings (SSSR count). The minimum Gasteiger partial charge on any atom is -0.507 e. The zero-order chi connectivity index (χ0) is 20.3. The summed E-state index contributed by atoms with van der Waals surface area (Å²) in [5.41, 5.74) is 1.08. The van der Waals surface area contributed by atoms with Crippen LogP contribution in [-0.4, -0.2) is 53.8 Å². The van der Waals surface area contributed by atoms with Gasteiger partial charge in [0.25, 0.3) is 11.7 Å². The van der Waals surface area contributed by atoms with Crippen molar-refractivity contribution in [2.45, 2.75) is 12.5 Å². The molecular weight excluding hydrogens is 359 g/mol. The Labute approximate surface area is 163 Å². The quantitative estimate of drug-likeness (QED) is 0.474. The first kappa shape index (κ1) is 19.8. The van der Waals surface area contributed by atoms with Gasteiger partial charge in [-0.25, -0.2) is 4.39 Å². The lowest BCUT2D eigenvalue weighted by Gasteiger charge is -2.26. The predicted molar refractivity (Wildman–Crippen MR) is 105 cm³/mol. The van der Waals surface area contributed by atoms with Gasteiger partial charge in [0.15, 0.2) is 0 Å². The highest BCUT2D eigenvalue weighted by Crippen LogP contribution is 2.39. The van der Waals surface area contributed by atoms with E-state index in [0.29, 0.717) is 18.5 Å². The van der Waals surface area contributed by atoms with Crippen LogP contribution in [0.15, 0.2) is 60.2 Å². The van der Waals surface area contributed by atoms with Gasteiger partial charge in [0.05, 0.1) is 11.6 Å². The largest absolute Gasteiger partial charge is 0.507 e. The normalized spacial score (nSPS) is 18.9. The Bertz CT molecular complexity index is 892. The molecule has 2 aromatic carbocycles. The van der Waals surface area contributed by atoms with Crippen LogP contribution in [-0.2, 0) is 9.59 Å². The van der Waals surface area contributed by atoms with Gasteiger partial charge in [-0.2, -0.15) is 0 Å². The smallest absolute Gasteiger partial charge is 0.295 e. The lowest BCUT2D eigenvalue weighted by Crippen LogP contribution is -2.32. The summed E-state index contributed by atoms with van der Waals surface area (Å²) in [6.45, 7) is 1.16. The van der Waals surface area contributed by atoms with Crippen LogP contribution in [0.3, 0.4) is 0 Å². The highest BCUT2D eigenvalue weighted by atomic mass is 19.1. The van der Waals surface area contributed by atoms with E-state index >= 15 is 0 Å². The van der Waals surface area contributed by atoms with Gasteiger partial charge in [-0.05, 0) is 56.9 Å². The summed E-state index contributed by atoms with van der Waals surface area (Å²) in [4.78, 5) is 29.0. The fraction of sp³-hybridized carbons (Fsp3) is 0.273. The summed E-state index contributed by atoms with van der Waals surface area (Å²) in [6.07, 6.45) is 0.694. The number of halogens is 1. The molecule has 1 heterocycles. The van der Waals surface area contributed by atoms with Gasteiger partial charge in [0.2, 0.25) is 0 Å². The molecule has 1 N–H and O–H groups in total. The van der Waals surface area contributed by atoms with Crippen molar-refractivity contribution in [3.8, 4) is 0 Å². The third-order valence-corrected chi connectivity index (χ3v) is 4.78. The molecule has 0 saturated carbocycles. The molecule has 1 amide bonds. The molecule has 1 atom stereocenters. The maximum Gasteiger partial charge on any atom is 0.295 e. The number of benzene rings is 2. The van der Waals surface area contributed by atoms with Crippen LogP contribution in [0.2, 0.25) is 0 Å². The monoisotopic (exact) mass is 382 g/mol. The van der Waals surface area contributed by atoms with Crippen LogP contribution in [0, 0.1) is 5.82 Å². The Morgan fingerprint density at radius 2 is 1.71 bits per heavy atom. The third kappa shape index (κ3) is 3.97. The molecule has 5 nitrogen and oxygen atoms in total. The molecule has 0 spiro atoms. The van der Waals surface area contributed by atoms with Crippen LogP contribution in [0.25, 0.3) is 5.76 Å². The van der Waals surface area contributed by atoms with Crippen LogP contribution in [0.5, 0.6) is 0 Å². The fourth-order valence-electron chi connectivity index (χ4n) is 3.41. The number of nitrogens with zero attached hydrogens (tertiary/aromatic N) is 2. The number of carbonyl (C=O) groups excluding carboxylic acids is 2. The molecule has 2 aromatic rings. The molecule has 28 heavy (non-hydrogen) atoms. The number of rotatable bonds is 6. The first-order chi connectivity index (χ1) is 13.4. The molecule has 0 aromatic heterocycles. The van der Waals surface area contributed by atoms with E-state index < -0.39 is 23.5 Å². The second kappa shape index (κ2) is 8.35. The fourth-order valence-corrected chi connectivity index (χ4v) is 3.41. The predicted octanol–water partition coefficient (Wildman–Crippen LogP) is 3.20. The number of aliphatic hydroxyl groups is 1. The van der Waals surface area contributed by atoms with Crippen molar-refractivity contribution >= 4 is 17.4 Å². The second-order valence-corrected chi connectivity index (χ2v) is 7.07. The molecule has 1 aliphatic heterocycles. The van der Waals surface area contributed by atoms with Crippen LogP contribution in [0.4, 0.5) is 4.39 Å². The zero-order valence-corrected chi connectivity index (χ0v) is 15.9. The van der Waals surface area contributed by atoms with Crippen molar-refractivity contribution in [3.63, 3.8) is 0 Å². The number of Topliss-reactive ketones (excluding diaryl/α,β-unsaturated/α-hetero) is 1. The summed E-state index contributed by atoms with van der Waals surface area (Å²) in [5.74, 6) is -2.08. The van der Waals surface area contributed by atoms with Gasteiger partial charge in [0.1, 0.15) is 11.6 Å². The van der Waals surface area contributed by atoms with Gasteiger partial charge in [-0.1, -0.05) is 30.3 Å². The number of amides is 1. The number of likely N-dealkylation sites (tertiary alicyclic amines) is 1. The molecular formula is C22H23FN2O3. The number of hydrogen-bond acceptors (Lipinski definition) is 4. The van der Waals surface area contributed by atoms with E-state index in [-0.39, 0.29) is 11.3 Å². The van der Waals surface area contributed by atoms with E-state index in [0.717, 1.165) is 12.1 Å². The highest BCUT2D eigenvalue weighted by molar-refractivity contribution is 6.46. The van der Waals surface area contributed by atoms with Gasteiger partial charge in [-0.3, -0.25) is 9.59 Å². The Morgan fingerprint density at radius 3 is 2.32 bits per heavy atom. The van der Waals surface area contributed by atoms with Crippen LogP contribution >= 0.6 is 0 Å². The van der Waals surface area contributed by atoms with Crippen molar-refractivity contribution in [2.24, 2.45) is 0 Å². The standard InChI is InChI=1S/C22H23FN2O3/c1-24(2)13-6-14-25-19(15-7-4-3-5-8-15)18(21(27)22(25)28)20(26)16-9-11-17(23)12-10-16/h3-5,7-12,19,26H,6,13-14H2,1-2H3/t19-/m0/s1. The summed E-state index contributed by atoms with van der Waals surface area (Å²) in [5, 5.41) is 10.8. The van der Waals surface area contributed by atoms with Crippen molar-refractivity contribution in [2.75, 3.05) is 27.2 Å². The maximum absolute atomic E-state index is 13.2. The number of aliphatic hydroxyl groups excluding tert-OH is 1. The molecule has 1 fully saturated rings. The van der Waals surface area contributed by atoms with E-state index in [9.17, 15) is 19.1 Å². The van der Waals surface area contributed by atoms with Gasteiger partial charge >= 0.3 is 0 Å². The Balaban J connectivity index is 2.06. The topological polar surface area (TPSA) is 60.9 Å². The summed E-state index contributed by atoms with van der Waals surface area (Å²) >= 11 is 0. The molecule has 1 saturated heterocycles. The Morgan fingerprint density at radius 1 is 1.07 bits per heavy atom. The zero-order valence-electron chi connectivity index (χ0n) is 15.9. The number of hydrogen-bond donors (Lipinski definition) is 1. The summed E-state index contributed by atoms with van der Waals surface area (Å²) < 4.78 is 13.2. The van der Waals surface area contributed by atoms with E-state index in [1.54, 1.807) is 0 Å². The van der Waals surface area contributed by atoms with Crippen molar-refractivity contribution < 1.29 is 19.1 Å². The van der Waals surface area contributed by atoms with Crippen molar-refractivity contribution in [3.05, 3.63) is 77.1 Å². The minimum atomic E-state index is -0.722. The molecule has 0 unspecified atom stereocenters. The lowest BCUT2D eigenvalue weighted by atomic mass is 9.95. The van der Waals surface area contributed by atoms with Crippen LogP contribution < -0.4 is 0 Å². The number of carbonyl (C=O) groups is 2. The van der Waals surface area contributed by atoms with E-state index in [1.807, 2.05) is 49.3 Å². The first-order valence-corrected chi connectivity index (χ1v) is 9.14. The minimum absolute atomic E-state index is 0.0349. The molecule has 6 heteroatoms. The van der Waals surface area contributed by atoms with Gasteiger partial charge < -0.3 is 14.9 Å². The lowest BCUT2D eigenvalue weighted by molar-refractivity contribution is -0.139. The molecule has 146 valence electrons. The second-order valence-electron chi connectivity index (χ2n) is 7.07. The Kier molecular flexibility index (Phi) is 5.90. The average Bonchev–Trinajstić information content (AvgIpc) is 2.93. The average molecular weight is 382 g/mol. The van der Waals surface area contributed by atoms with E-state index in [1.165, 1.54) is 29.2 Å². The summed E-state index contributed by atoms with van der Waals surface area (Å²) in [6, 6.07) is 13.7. The van der Waals surface area contributed by atoms with Gasteiger partial charge in [-0.15, -0.1) is 0 Å². The van der Waals surface area contributed by atoms with E-state index in [4.69, 9.17) is 0 Å². The van der Waals surface area contributed by atoms with E-state index in [2.05, 4.69) is 0 Å². The third-order valence-electron chi connectivity index (χ3n) is 4.78. The highest BCUT2D eigenvalue weighted by Gasteiger charge is 2.45. The summed E-state index contributed by atoms with van der Waals surface area (Å²) in [7, 11) is 3.88. The van der Waals surface area contributed by atoms with Gasteiger partial charge in [0, 0.05) is 12.1 Å². The van der Waals surface area contributed by atoms with Crippen molar-refractivity contribution in [1.82, 2.24) is 9.80 Å².